The molecule has 1 unspecified atom stereocenters. The molecule has 1 heterocycles. The molecule has 2 nitrogen and oxygen atoms in total. The predicted molar refractivity (Wildman–Crippen MR) is 66.3 cm³/mol. The first kappa shape index (κ1) is 12.0. The van der Waals surface area contributed by atoms with Crippen molar-refractivity contribution in [1.82, 2.24) is 10.3 Å². The Hall–Kier alpha value is -0.0600. The van der Waals surface area contributed by atoms with E-state index in [0.29, 0.717) is 6.04 Å². The van der Waals surface area contributed by atoms with Gasteiger partial charge in [0.25, 0.3) is 0 Å². The Bertz CT molecular complexity index is 224. The number of rotatable bonds is 7. The van der Waals surface area contributed by atoms with Gasteiger partial charge in [-0.25, -0.2) is 4.98 Å². The SMILES string of the molecule is CCCSCC(Cc1nccs1)NC. The van der Waals surface area contributed by atoms with Crippen molar-refractivity contribution >= 4 is 23.1 Å². The van der Waals surface area contributed by atoms with Crippen LogP contribution in [0, 0.1) is 0 Å². The van der Waals surface area contributed by atoms with Gasteiger partial charge in [-0.15, -0.1) is 11.3 Å². The molecule has 1 atom stereocenters. The molecule has 1 N–H and O–H groups in total. The second-order valence-electron chi connectivity index (χ2n) is 3.19. The van der Waals surface area contributed by atoms with Gasteiger partial charge in [0.15, 0.2) is 0 Å². The zero-order valence-corrected chi connectivity index (χ0v) is 10.5. The van der Waals surface area contributed by atoms with Crippen LogP contribution in [0.3, 0.4) is 0 Å². The summed E-state index contributed by atoms with van der Waals surface area (Å²) >= 11 is 3.77. The van der Waals surface area contributed by atoms with Gasteiger partial charge in [0, 0.05) is 29.8 Å². The summed E-state index contributed by atoms with van der Waals surface area (Å²) in [6.45, 7) is 2.22. The second kappa shape index (κ2) is 7.26. The fraction of sp³-hybridized carbons (Fsp3) is 0.700. The largest absolute Gasteiger partial charge is 0.316 e. The standard InChI is InChI=1S/C10H18N2S2/c1-3-5-13-8-9(11-2)7-10-12-4-6-14-10/h4,6,9,11H,3,5,7-8H2,1-2H3. The molecule has 0 bridgehead atoms. The van der Waals surface area contributed by atoms with Crippen molar-refractivity contribution in [3.63, 3.8) is 0 Å². The van der Waals surface area contributed by atoms with E-state index >= 15 is 0 Å². The molecule has 1 aromatic rings. The van der Waals surface area contributed by atoms with Gasteiger partial charge >= 0.3 is 0 Å². The van der Waals surface area contributed by atoms with Gasteiger partial charge in [-0.05, 0) is 19.2 Å². The van der Waals surface area contributed by atoms with E-state index in [4.69, 9.17) is 0 Å². The van der Waals surface area contributed by atoms with Gasteiger partial charge in [-0.3, -0.25) is 0 Å². The number of nitrogens with one attached hydrogen (secondary N) is 1. The van der Waals surface area contributed by atoms with Gasteiger partial charge in [0.1, 0.15) is 0 Å². The minimum absolute atomic E-state index is 0.567. The average molecular weight is 230 g/mol. The lowest BCUT2D eigenvalue weighted by Gasteiger charge is -2.13. The van der Waals surface area contributed by atoms with Gasteiger partial charge in [0.2, 0.25) is 0 Å². The molecule has 0 aliphatic carbocycles. The summed E-state index contributed by atoms with van der Waals surface area (Å²) in [5.74, 6) is 2.44. The first-order chi connectivity index (χ1) is 6.86. The molecule has 0 spiro atoms. The van der Waals surface area contributed by atoms with E-state index < -0.39 is 0 Å². The normalized spacial score (nSPS) is 13.0. The van der Waals surface area contributed by atoms with E-state index in [2.05, 4.69) is 17.2 Å². The first-order valence-electron chi connectivity index (χ1n) is 5.00. The zero-order valence-electron chi connectivity index (χ0n) is 8.82. The number of likely N-dealkylation sites (N-methyl/N-ethyl adjacent to an activating group) is 1. The van der Waals surface area contributed by atoms with Gasteiger partial charge in [-0.2, -0.15) is 11.8 Å². The third kappa shape index (κ3) is 4.44. The van der Waals surface area contributed by atoms with E-state index in [1.165, 1.54) is 22.9 Å². The molecule has 0 aromatic carbocycles. The van der Waals surface area contributed by atoms with Crippen LogP contribution in [0.15, 0.2) is 11.6 Å². The first-order valence-corrected chi connectivity index (χ1v) is 7.03. The van der Waals surface area contributed by atoms with E-state index in [9.17, 15) is 0 Å². The summed E-state index contributed by atoms with van der Waals surface area (Å²) in [7, 11) is 2.03. The maximum atomic E-state index is 4.30. The molecule has 0 radical (unpaired) electrons. The molecule has 0 aliphatic heterocycles. The lowest BCUT2D eigenvalue weighted by Crippen LogP contribution is -2.30. The van der Waals surface area contributed by atoms with Crippen molar-refractivity contribution in [2.75, 3.05) is 18.6 Å². The van der Waals surface area contributed by atoms with E-state index in [-0.39, 0.29) is 0 Å². The highest BCUT2D eigenvalue weighted by molar-refractivity contribution is 7.99. The van der Waals surface area contributed by atoms with Gasteiger partial charge in [-0.1, -0.05) is 6.92 Å². The molecule has 0 aliphatic rings. The Morgan fingerprint density at radius 3 is 3.07 bits per heavy atom. The van der Waals surface area contributed by atoms with Crippen LogP contribution in [0.2, 0.25) is 0 Å². The monoisotopic (exact) mass is 230 g/mol. The summed E-state index contributed by atoms with van der Waals surface area (Å²) in [5.41, 5.74) is 0. The highest BCUT2D eigenvalue weighted by Crippen LogP contribution is 2.11. The fourth-order valence-corrected chi connectivity index (χ4v) is 2.90. The van der Waals surface area contributed by atoms with Crippen LogP contribution in [-0.4, -0.2) is 29.6 Å². The van der Waals surface area contributed by atoms with Crippen LogP contribution >= 0.6 is 23.1 Å². The summed E-state index contributed by atoms with van der Waals surface area (Å²) in [6, 6.07) is 0.567. The molecule has 0 amide bonds. The van der Waals surface area contributed by atoms with E-state index in [1.54, 1.807) is 11.3 Å². The lowest BCUT2D eigenvalue weighted by atomic mass is 10.2. The second-order valence-corrected chi connectivity index (χ2v) is 5.32. The zero-order chi connectivity index (χ0) is 10.2. The Morgan fingerprint density at radius 1 is 1.64 bits per heavy atom. The Morgan fingerprint density at radius 2 is 2.50 bits per heavy atom. The smallest absolute Gasteiger partial charge is 0.0940 e. The van der Waals surface area contributed by atoms with Crippen LogP contribution in [0.25, 0.3) is 0 Å². The molecule has 0 fully saturated rings. The van der Waals surface area contributed by atoms with Gasteiger partial charge < -0.3 is 5.32 Å². The third-order valence-corrected chi connectivity index (χ3v) is 4.12. The summed E-state index contributed by atoms with van der Waals surface area (Å²) in [6.07, 6.45) is 4.20. The topological polar surface area (TPSA) is 24.9 Å². The molecule has 0 saturated carbocycles. The van der Waals surface area contributed by atoms with Crippen LogP contribution in [-0.2, 0) is 6.42 Å². The molecule has 4 heteroatoms. The highest BCUT2D eigenvalue weighted by Gasteiger charge is 2.08. The minimum atomic E-state index is 0.567. The predicted octanol–water partition coefficient (Wildman–Crippen LogP) is 2.42. The van der Waals surface area contributed by atoms with Crippen LogP contribution in [0.4, 0.5) is 0 Å². The van der Waals surface area contributed by atoms with Crippen molar-refractivity contribution in [2.24, 2.45) is 0 Å². The average Bonchev–Trinajstić information content (AvgIpc) is 2.69. The summed E-state index contributed by atoms with van der Waals surface area (Å²) in [4.78, 5) is 4.30. The maximum absolute atomic E-state index is 4.30. The lowest BCUT2D eigenvalue weighted by molar-refractivity contribution is 0.615. The molecule has 80 valence electrons. The minimum Gasteiger partial charge on any atom is -0.316 e. The van der Waals surface area contributed by atoms with Crippen LogP contribution in [0.1, 0.15) is 18.4 Å². The molecule has 1 aromatic heterocycles. The van der Waals surface area contributed by atoms with Crippen LogP contribution in [0.5, 0.6) is 0 Å². The maximum Gasteiger partial charge on any atom is 0.0940 e. The molecule has 0 saturated heterocycles. The number of thioether (sulfide) groups is 1. The molecule has 14 heavy (non-hydrogen) atoms. The Labute approximate surface area is 94.5 Å². The quantitative estimate of drug-likeness (QED) is 0.728. The molecular formula is C10H18N2S2. The number of hydrogen-bond donors (Lipinski definition) is 1. The van der Waals surface area contributed by atoms with E-state index in [0.717, 1.165) is 6.42 Å². The third-order valence-electron chi connectivity index (χ3n) is 1.98. The van der Waals surface area contributed by atoms with Gasteiger partial charge in [0.05, 0.1) is 5.01 Å². The van der Waals surface area contributed by atoms with Crippen LogP contribution < -0.4 is 5.32 Å². The van der Waals surface area contributed by atoms with Crippen molar-refractivity contribution in [2.45, 2.75) is 25.8 Å². The van der Waals surface area contributed by atoms with Crippen molar-refractivity contribution < 1.29 is 0 Å². The molecular weight excluding hydrogens is 212 g/mol. The molecule has 1 rings (SSSR count). The summed E-state index contributed by atoms with van der Waals surface area (Å²) < 4.78 is 0. The fourth-order valence-electron chi connectivity index (χ4n) is 1.18. The summed E-state index contributed by atoms with van der Waals surface area (Å²) in [5, 5.41) is 6.63. The number of hydrogen-bond acceptors (Lipinski definition) is 4. The Kier molecular flexibility index (Phi) is 6.23. The van der Waals surface area contributed by atoms with Crippen molar-refractivity contribution in [3.8, 4) is 0 Å². The van der Waals surface area contributed by atoms with Crippen molar-refractivity contribution in [1.29, 1.82) is 0 Å². The van der Waals surface area contributed by atoms with Crippen molar-refractivity contribution in [3.05, 3.63) is 16.6 Å². The highest BCUT2D eigenvalue weighted by atomic mass is 32.2. The number of aromatic nitrogens is 1. The number of thiazole rings is 1. The van der Waals surface area contributed by atoms with E-state index in [1.807, 2.05) is 30.4 Å². The Balaban J connectivity index is 2.24. The number of nitrogens with zero attached hydrogens (tertiary/aromatic N) is 1.